The van der Waals surface area contributed by atoms with Crippen molar-refractivity contribution in [2.45, 2.75) is 6.54 Å². The second-order valence-electron chi connectivity index (χ2n) is 3.49. The van der Waals surface area contributed by atoms with Gasteiger partial charge in [0.05, 0.1) is 6.54 Å². The molecule has 0 spiro atoms. The largest absolute Gasteiger partial charge is 0.369 e. The molecule has 0 unspecified atom stereocenters. The molecule has 0 bridgehead atoms. The number of rotatable bonds is 6. The number of nitrogens with one attached hydrogen (secondary N) is 3. The molecule has 90 valence electrons. The van der Waals surface area contributed by atoms with Crippen LogP contribution in [0.25, 0.3) is 0 Å². The van der Waals surface area contributed by atoms with Gasteiger partial charge in [0.2, 0.25) is 0 Å². The Balaban J connectivity index is 1.91. The first-order valence-electron chi connectivity index (χ1n) is 5.41. The van der Waals surface area contributed by atoms with E-state index in [0.717, 1.165) is 36.2 Å². The Labute approximate surface area is 105 Å². The van der Waals surface area contributed by atoms with E-state index in [-0.39, 0.29) is 0 Å². The van der Waals surface area contributed by atoms with Crippen LogP contribution in [-0.2, 0) is 6.54 Å². The molecule has 0 radical (unpaired) electrons. The van der Waals surface area contributed by atoms with Gasteiger partial charge in [-0.15, -0.1) is 0 Å². The lowest BCUT2D eigenvalue weighted by molar-refractivity contribution is 1.03. The van der Waals surface area contributed by atoms with Gasteiger partial charge in [-0.2, -0.15) is 12.6 Å². The van der Waals surface area contributed by atoms with Gasteiger partial charge in [-0.3, -0.25) is 0 Å². The van der Waals surface area contributed by atoms with Crippen LogP contribution in [-0.4, -0.2) is 27.2 Å². The maximum atomic E-state index is 4.15. The molecule has 0 amide bonds. The van der Waals surface area contributed by atoms with E-state index in [4.69, 9.17) is 0 Å². The minimum Gasteiger partial charge on any atom is -0.369 e. The van der Waals surface area contributed by atoms with Crippen molar-refractivity contribution in [1.29, 1.82) is 0 Å². The maximum absolute atomic E-state index is 4.15. The van der Waals surface area contributed by atoms with Crippen molar-refractivity contribution in [3.05, 3.63) is 36.4 Å². The summed E-state index contributed by atoms with van der Waals surface area (Å²) < 4.78 is 0. The van der Waals surface area contributed by atoms with Crippen molar-refractivity contribution in [2.24, 2.45) is 0 Å². The van der Waals surface area contributed by atoms with Crippen LogP contribution in [0.5, 0.6) is 0 Å². The lowest BCUT2D eigenvalue weighted by Gasteiger charge is -2.07. The first-order chi connectivity index (χ1) is 8.38. The molecule has 2 rings (SSSR count). The standard InChI is InChI=1S/C11H15N5S/c17-5-4-13-10-6-11(16-8-15-10)14-7-9-2-1-3-12-9/h1-3,6,8,12,17H,4-5,7H2,(H2,13,14,15,16). The number of hydrogen-bond acceptors (Lipinski definition) is 5. The monoisotopic (exact) mass is 249 g/mol. The normalized spacial score (nSPS) is 10.2. The number of hydrogen-bond donors (Lipinski definition) is 4. The highest BCUT2D eigenvalue weighted by molar-refractivity contribution is 7.80. The Bertz CT molecular complexity index is 443. The van der Waals surface area contributed by atoms with Crippen molar-refractivity contribution < 1.29 is 0 Å². The van der Waals surface area contributed by atoms with E-state index < -0.39 is 0 Å². The Hall–Kier alpha value is -1.69. The highest BCUT2D eigenvalue weighted by atomic mass is 32.1. The van der Waals surface area contributed by atoms with Gasteiger partial charge in [-0.25, -0.2) is 9.97 Å². The molecular weight excluding hydrogens is 234 g/mol. The molecule has 0 fully saturated rings. The molecule has 0 aliphatic rings. The molecule has 0 aromatic carbocycles. The summed E-state index contributed by atoms with van der Waals surface area (Å²) in [6.07, 6.45) is 3.44. The molecule has 0 aliphatic carbocycles. The average Bonchev–Trinajstić information content (AvgIpc) is 2.87. The Morgan fingerprint density at radius 2 is 2.06 bits per heavy atom. The summed E-state index contributed by atoms with van der Waals surface area (Å²) in [5.41, 5.74) is 1.12. The van der Waals surface area contributed by atoms with Gasteiger partial charge in [0.15, 0.2) is 0 Å². The van der Waals surface area contributed by atoms with Crippen LogP contribution in [0.15, 0.2) is 30.7 Å². The van der Waals surface area contributed by atoms with Crippen molar-refractivity contribution in [3.63, 3.8) is 0 Å². The Kier molecular flexibility index (Phi) is 4.26. The summed E-state index contributed by atoms with van der Waals surface area (Å²) in [6.45, 7) is 1.51. The molecule has 6 heteroatoms. The molecule has 0 atom stereocenters. The van der Waals surface area contributed by atoms with Gasteiger partial charge in [0.25, 0.3) is 0 Å². The topological polar surface area (TPSA) is 65.6 Å². The van der Waals surface area contributed by atoms with Crippen molar-refractivity contribution in [3.8, 4) is 0 Å². The third kappa shape index (κ3) is 3.67. The third-order valence-corrected chi connectivity index (χ3v) is 2.43. The number of aromatic amines is 1. The van der Waals surface area contributed by atoms with E-state index in [1.165, 1.54) is 6.33 Å². The summed E-state index contributed by atoms with van der Waals surface area (Å²) in [4.78, 5) is 11.4. The van der Waals surface area contributed by atoms with Crippen LogP contribution in [0.2, 0.25) is 0 Å². The molecule has 17 heavy (non-hydrogen) atoms. The SMILES string of the molecule is SCCNc1cc(NCc2ccc[nH]2)ncn1. The molecule has 0 saturated carbocycles. The first kappa shape index (κ1) is 11.8. The maximum Gasteiger partial charge on any atom is 0.131 e. The molecule has 0 aliphatic heterocycles. The smallest absolute Gasteiger partial charge is 0.131 e. The lowest BCUT2D eigenvalue weighted by Crippen LogP contribution is -2.07. The summed E-state index contributed by atoms with van der Waals surface area (Å²) in [6, 6.07) is 5.87. The van der Waals surface area contributed by atoms with Gasteiger partial charge in [0, 0.05) is 30.3 Å². The fraction of sp³-hybridized carbons (Fsp3) is 0.273. The number of H-pyrrole nitrogens is 1. The fourth-order valence-corrected chi connectivity index (χ4v) is 1.51. The predicted octanol–water partition coefficient (Wildman–Crippen LogP) is 1.76. The lowest BCUT2D eigenvalue weighted by atomic mass is 10.4. The van der Waals surface area contributed by atoms with Gasteiger partial charge < -0.3 is 15.6 Å². The van der Waals surface area contributed by atoms with Gasteiger partial charge >= 0.3 is 0 Å². The average molecular weight is 249 g/mol. The predicted molar refractivity (Wildman–Crippen MR) is 72.5 cm³/mol. The van der Waals surface area contributed by atoms with E-state index in [9.17, 15) is 0 Å². The van der Waals surface area contributed by atoms with Crippen LogP contribution in [0.1, 0.15) is 5.69 Å². The zero-order valence-corrected chi connectivity index (χ0v) is 10.2. The summed E-state index contributed by atoms with van der Waals surface area (Å²) in [5, 5.41) is 6.37. The van der Waals surface area contributed by atoms with Gasteiger partial charge in [0.1, 0.15) is 18.0 Å². The summed E-state index contributed by atoms with van der Waals surface area (Å²) >= 11 is 4.13. The molecule has 3 N–H and O–H groups in total. The number of aromatic nitrogens is 3. The second kappa shape index (κ2) is 6.15. The molecular formula is C11H15N5S. The number of nitrogens with zero attached hydrogens (tertiary/aromatic N) is 2. The minimum atomic E-state index is 0.718. The second-order valence-corrected chi connectivity index (χ2v) is 3.93. The Morgan fingerprint density at radius 3 is 2.76 bits per heavy atom. The molecule has 2 aromatic rings. The third-order valence-electron chi connectivity index (χ3n) is 2.21. The Morgan fingerprint density at radius 1 is 1.24 bits per heavy atom. The van der Waals surface area contributed by atoms with Crippen LogP contribution in [0.4, 0.5) is 11.6 Å². The summed E-state index contributed by atoms with van der Waals surface area (Å²) in [7, 11) is 0. The van der Waals surface area contributed by atoms with Crippen molar-refractivity contribution >= 4 is 24.3 Å². The number of thiol groups is 1. The minimum absolute atomic E-state index is 0.718. The molecule has 0 saturated heterocycles. The van der Waals surface area contributed by atoms with E-state index in [2.05, 4.69) is 38.2 Å². The van der Waals surface area contributed by atoms with E-state index in [0.29, 0.717) is 0 Å². The quantitative estimate of drug-likeness (QED) is 0.589. The van der Waals surface area contributed by atoms with Crippen LogP contribution < -0.4 is 10.6 Å². The number of anilines is 2. The highest BCUT2D eigenvalue weighted by Crippen LogP contribution is 2.09. The van der Waals surface area contributed by atoms with Gasteiger partial charge in [-0.1, -0.05) is 0 Å². The van der Waals surface area contributed by atoms with Crippen LogP contribution in [0.3, 0.4) is 0 Å². The van der Waals surface area contributed by atoms with Crippen molar-refractivity contribution in [1.82, 2.24) is 15.0 Å². The van der Waals surface area contributed by atoms with E-state index in [1.54, 1.807) is 0 Å². The fourth-order valence-electron chi connectivity index (χ4n) is 1.40. The first-order valence-corrected chi connectivity index (χ1v) is 6.04. The van der Waals surface area contributed by atoms with Gasteiger partial charge in [-0.05, 0) is 12.1 Å². The van der Waals surface area contributed by atoms with Crippen LogP contribution >= 0.6 is 12.6 Å². The highest BCUT2D eigenvalue weighted by Gasteiger charge is 1.98. The van der Waals surface area contributed by atoms with E-state index >= 15 is 0 Å². The van der Waals surface area contributed by atoms with Crippen molar-refractivity contribution in [2.75, 3.05) is 22.9 Å². The zero-order valence-electron chi connectivity index (χ0n) is 9.35. The molecule has 5 nitrogen and oxygen atoms in total. The van der Waals surface area contributed by atoms with E-state index in [1.807, 2.05) is 24.4 Å². The summed E-state index contributed by atoms with van der Waals surface area (Å²) in [5.74, 6) is 2.38. The van der Waals surface area contributed by atoms with Crippen LogP contribution in [0, 0.1) is 0 Å². The molecule has 2 aromatic heterocycles. The molecule has 2 heterocycles. The zero-order chi connectivity index (χ0) is 11.9.